The number of nitrogens with zero attached hydrogens (tertiary/aromatic N) is 2. The van der Waals surface area contributed by atoms with E-state index in [0.717, 1.165) is 37.5 Å². The Morgan fingerprint density at radius 1 is 1.33 bits per heavy atom. The van der Waals surface area contributed by atoms with Crippen LogP contribution in [0.2, 0.25) is 0 Å². The van der Waals surface area contributed by atoms with E-state index in [1.54, 1.807) is 12.1 Å². The Morgan fingerprint density at radius 2 is 2.22 bits per heavy atom. The maximum Gasteiger partial charge on any atom is 0.267 e. The highest BCUT2D eigenvalue weighted by atomic mass is 33.1. The first-order chi connectivity index (χ1) is 13.1. The second-order valence-electron chi connectivity index (χ2n) is 7.04. The number of piperidine rings is 1. The maximum absolute atomic E-state index is 12.5. The zero-order valence-corrected chi connectivity index (χ0v) is 17.1. The highest BCUT2D eigenvalue weighted by molar-refractivity contribution is 8.77. The van der Waals surface area contributed by atoms with E-state index >= 15 is 0 Å². The van der Waals surface area contributed by atoms with Gasteiger partial charge in [-0.2, -0.15) is 0 Å². The molecular weight excluding hydrogens is 382 g/mol. The molecule has 0 spiro atoms. The second-order valence-corrected chi connectivity index (χ2v) is 9.83. The van der Waals surface area contributed by atoms with Crippen LogP contribution in [0.15, 0.2) is 18.3 Å². The Labute approximate surface area is 168 Å². The average molecular weight is 410 g/mol. The van der Waals surface area contributed by atoms with Gasteiger partial charge in [-0.15, -0.1) is 0 Å². The van der Waals surface area contributed by atoms with Crippen LogP contribution in [0.5, 0.6) is 5.75 Å². The highest BCUT2D eigenvalue weighted by Gasteiger charge is 2.25. The monoisotopic (exact) mass is 409 g/mol. The third kappa shape index (κ3) is 6.31. The predicted molar refractivity (Wildman–Crippen MR) is 110 cm³/mol. The minimum Gasteiger partial charge on any atom is -0.488 e. The third-order valence-corrected chi connectivity index (χ3v) is 7.92. The van der Waals surface area contributed by atoms with Crippen molar-refractivity contribution in [2.45, 2.75) is 56.3 Å². The minimum absolute atomic E-state index is 0.0576. The molecule has 2 unspecified atom stereocenters. The summed E-state index contributed by atoms with van der Waals surface area (Å²) in [5, 5.41) is 0.781. The van der Waals surface area contributed by atoms with Crippen molar-refractivity contribution in [2.75, 3.05) is 18.8 Å². The Balaban J connectivity index is 1.42. The topological polar surface area (TPSA) is 85.5 Å². The number of aromatic nitrogens is 1. The van der Waals surface area contributed by atoms with E-state index in [1.165, 1.54) is 24.8 Å². The standard InChI is InChI=1S/C19H27N3O3S2/c20-19(24)17-12-14(7-9-21-17)25-15-4-3-10-22(13-15)18(23)6-2-1-5-16-8-11-26-27-16/h7,9,12,15-16H,1-6,8,10-11,13H2,(H2,20,24). The molecule has 1 aromatic rings. The van der Waals surface area contributed by atoms with Crippen molar-refractivity contribution >= 4 is 33.4 Å². The Kier molecular flexibility index (Phi) is 7.70. The van der Waals surface area contributed by atoms with E-state index in [2.05, 4.69) is 4.98 Å². The van der Waals surface area contributed by atoms with Crippen molar-refractivity contribution < 1.29 is 14.3 Å². The van der Waals surface area contributed by atoms with Gasteiger partial charge in [0.25, 0.3) is 5.91 Å². The molecule has 0 radical (unpaired) electrons. The molecule has 148 valence electrons. The normalized spacial score (nSPS) is 22.6. The molecule has 2 N–H and O–H groups in total. The zero-order chi connectivity index (χ0) is 19.1. The molecule has 0 aromatic carbocycles. The van der Waals surface area contributed by atoms with Crippen molar-refractivity contribution in [1.82, 2.24) is 9.88 Å². The molecule has 2 amide bonds. The molecule has 8 heteroatoms. The average Bonchev–Trinajstić information content (AvgIpc) is 3.19. The highest BCUT2D eigenvalue weighted by Crippen LogP contribution is 2.39. The summed E-state index contributed by atoms with van der Waals surface area (Å²) in [6, 6.07) is 3.27. The van der Waals surface area contributed by atoms with Gasteiger partial charge in [-0.3, -0.25) is 14.6 Å². The van der Waals surface area contributed by atoms with Crippen molar-refractivity contribution in [3.05, 3.63) is 24.0 Å². The van der Waals surface area contributed by atoms with Crippen LogP contribution in [-0.4, -0.2) is 51.9 Å². The summed E-state index contributed by atoms with van der Waals surface area (Å²) in [5.41, 5.74) is 5.45. The van der Waals surface area contributed by atoms with E-state index in [0.29, 0.717) is 18.7 Å². The lowest BCUT2D eigenvalue weighted by atomic mass is 10.1. The number of likely N-dealkylation sites (tertiary alicyclic amines) is 1. The molecule has 27 heavy (non-hydrogen) atoms. The van der Waals surface area contributed by atoms with E-state index in [4.69, 9.17) is 10.5 Å². The summed E-state index contributed by atoms with van der Waals surface area (Å²) in [6.45, 7) is 1.40. The van der Waals surface area contributed by atoms with Crippen molar-refractivity contribution in [3.63, 3.8) is 0 Å². The SMILES string of the molecule is NC(=O)c1cc(OC2CCCN(C(=O)CCCCC3CCSS3)C2)ccn1. The summed E-state index contributed by atoms with van der Waals surface area (Å²) in [5.74, 6) is 1.49. The van der Waals surface area contributed by atoms with E-state index in [-0.39, 0.29) is 17.7 Å². The molecule has 1 aromatic heterocycles. The van der Waals surface area contributed by atoms with E-state index < -0.39 is 5.91 Å². The van der Waals surface area contributed by atoms with Gasteiger partial charge in [0.05, 0.1) is 6.54 Å². The maximum atomic E-state index is 12.5. The molecule has 2 aliphatic heterocycles. The fraction of sp³-hybridized carbons (Fsp3) is 0.632. The van der Waals surface area contributed by atoms with E-state index in [9.17, 15) is 9.59 Å². The van der Waals surface area contributed by atoms with E-state index in [1.807, 2.05) is 26.5 Å². The van der Waals surface area contributed by atoms with Crippen LogP contribution in [0.25, 0.3) is 0 Å². The fourth-order valence-electron chi connectivity index (χ4n) is 3.44. The summed E-state index contributed by atoms with van der Waals surface area (Å²) >= 11 is 0. The molecule has 0 aliphatic carbocycles. The van der Waals surface area contributed by atoms with Crippen LogP contribution in [0.4, 0.5) is 0 Å². The second kappa shape index (κ2) is 10.2. The quantitative estimate of drug-likeness (QED) is 0.524. The molecule has 2 aliphatic rings. The molecule has 6 nitrogen and oxygen atoms in total. The molecule has 2 saturated heterocycles. The van der Waals surface area contributed by atoms with Crippen LogP contribution in [0.3, 0.4) is 0 Å². The van der Waals surface area contributed by atoms with Gasteiger partial charge >= 0.3 is 0 Å². The van der Waals surface area contributed by atoms with Crippen molar-refractivity contribution in [1.29, 1.82) is 0 Å². The van der Waals surface area contributed by atoms with Gasteiger partial charge in [-0.1, -0.05) is 28.0 Å². The smallest absolute Gasteiger partial charge is 0.267 e. The van der Waals surface area contributed by atoms with Crippen LogP contribution in [0, 0.1) is 0 Å². The Morgan fingerprint density at radius 3 is 3.00 bits per heavy atom. The molecule has 2 atom stereocenters. The molecule has 0 saturated carbocycles. The number of hydrogen-bond donors (Lipinski definition) is 1. The largest absolute Gasteiger partial charge is 0.488 e. The number of unbranched alkanes of at least 4 members (excludes halogenated alkanes) is 1. The van der Waals surface area contributed by atoms with Gasteiger partial charge in [0.15, 0.2) is 0 Å². The zero-order valence-electron chi connectivity index (χ0n) is 15.5. The lowest BCUT2D eigenvalue weighted by Crippen LogP contribution is -2.44. The van der Waals surface area contributed by atoms with Crippen LogP contribution in [-0.2, 0) is 4.79 Å². The molecular formula is C19H27N3O3S2. The van der Waals surface area contributed by atoms with Crippen molar-refractivity contribution in [3.8, 4) is 5.75 Å². The van der Waals surface area contributed by atoms with Gasteiger partial charge in [0, 0.05) is 36.2 Å². The molecule has 2 fully saturated rings. The van der Waals surface area contributed by atoms with Gasteiger partial charge in [-0.05, 0) is 38.2 Å². The first-order valence-electron chi connectivity index (χ1n) is 9.60. The summed E-state index contributed by atoms with van der Waals surface area (Å²) in [4.78, 5) is 29.6. The van der Waals surface area contributed by atoms with Gasteiger partial charge in [0.1, 0.15) is 17.5 Å². The number of nitrogens with two attached hydrogens (primary N) is 1. The summed E-state index contributed by atoms with van der Waals surface area (Å²) < 4.78 is 5.97. The fourth-order valence-corrected chi connectivity index (χ4v) is 6.47. The molecule has 0 bridgehead atoms. The van der Waals surface area contributed by atoms with Gasteiger partial charge in [0.2, 0.25) is 5.91 Å². The Bertz CT molecular complexity index is 653. The lowest BCUT2D eigenvalue weighted by Gasteiger charge is -2.33. The lowest BCUT2D eigenvalue weighted by molar-refractivity contribution is -0.133. The number of rotatable bonds is 8. The third-order valence-electron chi connectivity index (χ3n) is 4.91. The van der Waals surface area contributed by atoms with Gasteiger partial charge < -0.3 is 15.4 Å². The number of carbonyl (C=O) groups excluding carboxylic acids is 2. The number of ether oxygens (including phenoxy) is 1. The summed E-state index contributed by atoms with van der Waals surface area (Å²) in [7, 11) is 3.98. The number of hydrogen-bond acceptors (Lipinski definition) is 6. The number of carbonyl (C=O) groups is 2. The van der Waals surface area contributed by atoms with Gasteiger partial charge in [-0.25, -0.2) is 0 Å². The van der Waals surface area contributed by atoms with Crippen LogP contribution >= 0.6 is 21.6 Å². The Hall–Kier alpha value is -1.41. The predicted octanol–water partition coefficient (Wildman–Crippen LogP) is 3.26. The summed E-state index contributed by atoms with van der Waals surface area (Å²) in [6.07, 6.45) is 8.54. The molecule has 3 heterocycles. The minimum atomic E-state index is -0.574. The van der Waals surface area contributed by atoms with Crippen LogP contribution in [0.1, 0.15) is 55.4 Å². The number of amides is 2. The number of pyridine rings is 1. The number of primary amides is 1. The first-order valence-corrected chi connectivity index (χ1v) is 12.0. The molecule has 3 rings (SSSR count). The van der Waals surface area contributed by atoms with Crippen LogP contribution < -0.4 is 10.5 Å². The van der Waals surface area contributed by atoms with Crippen molar-refractivity contribution in [2.24, 2.45) is 5.73 Å². The first kappa shape index (κ1) is 20.3.